The van der Waals surface area contributed by atoms with Crippen molar-refractivity contribution >= 4 is 29.9 Å². The van der Waals surface area contributed by atoms with Crippen LogP contribution in [-0.2, 0) is 13.6 Å². The number of piperazine rings is 1. The molecule has 0 aliphatic carbocycles. The van der Waals surface area contributed by atoms with Gasteiger partial charge in [0.25, 0.3) is 0 Å². The Morgan fingerprint density at radius 1 is 1.20 bits per heavy atom. The lowest BCUT2D eigenvalue weighted by Crippen LogP contribution is -2.55. The number of hydrogen-bond donors (Lipinski definition) is 2. The summed E-state index contributed by atoms with van der Waals surface area (Å²) < 4.78 is 1.92. The standard InChI is InChI=1S/C17H33N7.HI/c1-7-18-17(19-10-15-12-22(4)8-9-23(15)5)20-11-16-13(2)21-24(6)14(16)3;/h15H,7-12H2,1-6H3,(H2,18,19,20);1H. The fourth-order valence-electron chi connectivity index (χ4n) is 3.08. The van der Waals surface area contributed by atoms with Gasteiger partial charge in [-0.3, -0.25) is 9.58 Å². The van der Waals surface area contributed by atoms with Gasteiger partial charge in [0, 0.05) is 57.1 Å². The third-order valence-corrected chi connectivity index (χ3v) is 4.88. The Bertz CT molecular complexity index is 570. The molecule has 0 amide bonds. The minimum absolute atomic E-state index is 0. The van der Waals surface area contributed by atoms with Gasteiger partial charge in [0.2, 0.25) is 0 Å². The van der Waals surface area contributed by atoms with Crippen molar-refractivity contribution in [2.45, 2.75) is 33.4 Å². The highest BCUT2D eigenvalue weighted by Crippen LogP contribution is 2.12. The second-order valence-corrected chi connectivity index (χ2v) is 6.75. The van der Waals surface area contributed by atoms with Crippen LogP contribution in [-0.4, -0.2) is 78.4 Å². The van der Waals surface area contributed by atoms with Gasteiger partial charge < -0.3 is 15.5 Å². The van der Waals surface area contributed by atoms with E-state index < -0.39 is 0 Å². The maximum absolute atomic E-state index is 4.76. The molecule has 1 aromatic heterocycles. The Morgan fingerprint density at radius 2 is 1.92 bits per heavy atom. The summed E-state index contributed by atoms with van der Waals surface area (Å²) in [6.45, 7) is 12.0. The molecule has 0 saturated carbocycles. The number of nitrogens with zero attached hydrogens (tertiary/aromatic N) is 5. The van der Waals surface area contributed by atoms with Crippen LogP contribution in [0.1, 0.15) is 23.9 Å². The summed E-state index contributed by atoms with van der Waals surface area (Å²) in [6, 6.07) is 0.509. The second-order valence-electron chi connectivity index (χ2n) is 6.75. The number of nitrogens with one attached hydrogen (secondary N) is 2. The predicted molar refractivity (Wildman–Crippen MR) is 115 cm³/mol. The van der Waals surface area contributed by atoms with Crippen LogP contribution < -0.4 is 10.6 Å². The largest absolute Gasteiger partial charge is 0.357 e. The van der Waals surface area contributed by atoms with Crippen LogP contribution in [0.5, 0.6) is 0 Å². The van der Waals surface area contributed by atoms with Gasteiger partial charge in [-0.25, -0.2) is 4.99 Å². The van der Waals surface area contributed by atoms with Crippen molar-refractivity contribution in [3.8, 4) is 0 Å². The lowest BCUT2D eigenvalue weighted by molar-refractivity contribution is 0.116. The van der Waals surface area contributed by atoms with Crippen molar-refractivity contribution in [1.29, 1.82) is 0 Å². The Labute approximate surface area is 169 Å². The number of aromatic nitrogens is 2. The fourth-order valence-corrected chi connectivity index (χ4v) is 3.08. The van der Waals surface area contributed by atoms with E-state index >= 15 is 0 Å². The highest BCUT2D eigenvalue weighted by atomic mass is 127. The Kier molecular flexibility index (Phi) is 9.15. The van der Waals surface area contributed by atoms with E-state index in [2.05, 4.69) is 53.5 Å². The Hall–Kier alpha value is -0.870. The third kappa shape index (κ3) is 6.10. The summed E-state index contributed by atoms with van der Waals surface area (Å²) in [5.74, 6) is 0.877. The first kappa shape index (κ1) is 22.2. The SMILES string of the molecule is CCNC(=NCc1c(C)nn(C)c1C)NCC1CN(C)CCN1C.I. The van der Waals surface area contributed by atoms with E-state index in [0.29, 0.717) is 12.6 Å². The van der Waals surface area contributed by atoms with Gasteiger partial charge in [-0.2, -0.15) is 5.10 Å². The lowest BCUT2D eigenvalue weighted by atomic mass is 10.2. The van der Waals surface area contributed by atoms with Crippen LogP contribution in [0.2, 0.25) is 0 Å². The number of guanidine groups is 1. The normalized spacial score (nSPS) is 19.6. The topological polar surface area (TPSA) is 60.7 Å². The van der Waals surface area contributed by atoms with Gasteiger partial charge in [-0.05, 0) is 34.9 Å². The molecule has 1 unspecified atom stereocenters. The molecule has 1 atom stereocenters. The third-order valence-electron chi connectivity index (χ3n) is 4.88. The predicted octanol–water partition coefficient (Wildman–Crippen LogP) is 0.956. The van der Waals surface area contributed by atoms with Gasteiger partial charge in [-0.15, -0.1) is 24.0 Å². The van der Waals surface area contributed by atoms with E-state index in [1.165, 1.54) is 11.3 Å². The molecule has 8 heteroatoms. The smallest absolute Gasteiger partial charge is 0.191 e. The van der Waals surface area contributed by atoms with Crippen molar-refractivity contribution in [1.82, 2.24) is 30.2 Å². The fraction of sp³-hybridized carbons (Fsp3) is 0.765. The molecule has 2 N–H and O–H groups in total. The van der Waals surface area contributed by atoms with E-state index in [4.69, 9.17) is 4.99 Å². The molecule has 7 nitrogen and oxygen atoms in total. The first-order valence-corrected chi connectivity index (χ1v) is 8.82. The molecule has 1 aliphatic heterocycles. The average molecular weight is 463 g/mol. The Balaban J connectivity index is 0.00000312. The maximum atomic E-state index is 4.76. The molecular formula is C17H34IN7. The molecule has 1 aliphatic rings. The van der Waals surface area contributed by atoms with E-state index in [-0.39, 0.29) is 24.0 Å². The summed E-state index contributed by atoms with van der Waals surface area (Å²) in [7, 11) is 6.37. The minimum Gasteiger partial charge on any atom is -0.357 e. The van der Waals surface area contributed by atoms with Crippen molar-refractivity contribution in [3.63, 3.8) is 0 Å². The Morgan fingerprint density at radius 3 is 2.52 bits per heavy atom. The van der Waals surface area contributed by atoms with Gasteiger partial charge in [0.15, 0.2) is 5.96 Å². The lowest BCUT2D eigenvalue weighted by Gasteiger charge is -2.37. The summed E-state index contributed by atoms with van der Waals surface area (Å²) in [4.78, 5) is 9.57. The molecule has 25 heavy (non-hydrogen) atoms. The summed E-state index contributed by atoms with van der Waals surface area (Å²) in [6.07, 6.45) is 0. The first-order valence-electron chi connectivity index (χ1n) is 8.82. The van der Waals surface area contributed by atoms with Crippen molar-refractivity contribution in [3.05, 3.63) is 17.0 Å². The molecule has 0 bridgehead atoms. The number of aliphatic imine (C=N–C) groups is 1. The van der Waals surface area contributed by atoms with Gasteiger partial charge >= 0.3 is 0 Å². The number of hydrogen-bond acceptors (Lipinski definition) is 4. The summed E-state index contributed by atoms with van der Waals surface area (Å²) >= 11 is 0. The molecule has 2 rings (SSSR count). The number of likely N-dealkylation sites (N-methyl/N-ethyl adjacent to an activating group) is 2. The molecule has 0 spiro atoms. The first-order chi connectivity index (χ1) is 11.4. The van der Waals surface area contributed by atoms with Crippen LogP contribution >= 0.6 is 24.0 Å². The molecule has 1 aromatic rings. The number of rotatable bonds is 5. The van der Waals surface area contributed by atoms with E-state index in [9.17, 15) is 0 Å². The van der Waals surface area contributed by atoms with Crippen LogP contribution in [0.4, 0.5) is 0 Å². The zero-order valence-corrected chi connectivity index (χ0v) is 18.8. The summed E-state index contributed by atoms with van der Waals surface area (Å²) in [5, 5.41) is 11.3. The molecule has 0 aromatic carbocycles. The van der Waals surface area contributed by atoms with Crippen molar-refractivity contribution < 1.29 is 0 Å². The van der Waals surface area contributed by atoms with Crippen LogP contribution in [0, 0.1) is 13.8 Å². The zero-order chi connectivity index (χ0) is 17.7. The van der Waals surface area contributed by atoms with Crippen LogP contribution in [0.25, 0.3) is 0 Å². The molecule has 1 fully saturated rings. The monoisotopic (exact) mass is 463 g/mol. The van der Waals surface area contributed by atoms with E-state index in [0.717, 1.165) is 44.4 Å². The molecule has 1 saturated heterocycles. The number of aryl methyl sites for hydroxylation is 2. The summed E-state index contributed by atoms with van der Waals surface area (Å²) in [5.41, 5.74) is 3.45. The highest BCUT2D eigenvalue weighted by Gasteiger charge is 2.22. The van der Waals surface area contributed by atoms with Gasteiger partial charge in [-0.1, -0.05) is 0 Å². The van der Waals surface area contributed by atoms with Gasteiger partial charge in [0.1, 0.15) is 0 Å². The van der Waals surface area contributed by atoms with Crippen LogP contribution in [0.3, 0.4) is 0 Å². The molecule has 144 valence electrons. The molecular weight excluding hydrogens is 429 g/mol. The quantitative estimate of drug-likeness (QED) is 0.387. The van der Waals surface area contributed by atoms with Crippen LogP contribution in [0.15, 0.2) is 4.99 Å². The zero-order valence-electron chi connectivity index (χ0n) is 16.5. The molecule has 2 heterocycles. The second kappa shape index (κ2) is 10.3. The maximum Gasteiger partial charge on any atom is 0.191 e. The molecule has 0 radical (unpaired) electrons. The van der Waals surface area contributed by atoms with Crippen molar-refractivity contribution in [2.75, 3.05) is 46.8 Å². The highest BCUT2D eigenvalue weighted by molar-refractivity contribution is 14.0. The van der Waals surface area contributed by atoms with Gasteiger partial charge in [0.05, 0.1) is 12.2 Å². The minimum atomic E-state index is 0. The average Bonchev–Trinajstić information content (AvgIpc) is 2.78. The van der Waals surface area contributed by atoms with Crippen molar-refractivity contribution in [2.24, 2.45) is 12.0 Å². The van der Waals surface area contributed by atoms with E-state index in [1.807, 2.05) is 18.7 Å². The van der Waals surface area contributed by atoms with E-state index in [1.54, 1.807) is 0 Å². The number of halogens is 1.